The van der Waals surface area contributed by atoms with Gasteiger partial charge in [0.25, 0.3) is 11.8 Å². The zero-order valence-corrected chi connectivity index (χ0v) is 23.4. The zero-order valence-electron chi connectivity index (χ0n) is 23.4. The molecule has 1 aliphatic carbocycles. The highest BCUT2D eigenvalue weighted by Gasteiger charge is 2.50. The summed E-state index contributed by atoms with van der Waals surface area (Å²) >= 11 is 0. The Morgan fingerprint density at radius 2 is 1.77 bits per heavy atom. The monoisotopic (exact) mass is 553 g/mol. The van der Waals surface area contributed by atoms with E-state index in [0.717, 1.165) is 5.56 Å². The van der Waals surface area contributed by atoms with Gasteiger partial charge in [-0.3, -0.25) is 24.4 Å². The van der Waals surface area contributed by atoms with E-state index in [9.17, 15) is 28.7 Å². The molecule has 1 unspecified atom stereocenters. The van der Waals surface area contributed by atoms with Gasteiger partial charge in [0.2, 0.25) is 5.92 Å². The molecule has 2 fully saturated rings. The van der Waals surface area contributed by atoms with E-state index in [2.05, 4.69) is 31.1 Å². The first kappa shape index (κ1) is 29.4. The van der Waals surface area contributed by atoms with Gasteiger partial charge in [0.15, 0.2) is 11.7 Å². The quantitative estimate of drug-likeness (QED) is 0.518. The van der Waals surface area contributed by atoms with Crippen LogP contribution < -0.4 is 10.2 Å². The zero-order chi connectivity index (χ0) is 29.3. The van der Waals surface area contributed by atoms with Crippen molar-refractivity contribution in [2.75, 3.05) is 11.4 Å². The van der Waals surface area contributed by atoms with Gasteiger partial charge in [0.05, 0.1) is 12.6 Å². The lowest BCUT2D eigenvalue weighted by Gasteiger charge is -2.43. The first-order chi connectivity index (χ1) is 18.8. The molecule has 2 aliphatic rings. The predicted molar refractivity (Wildman–Crippen MR) is 146 cm³/mol. The van der Waals surface area contributed by atoms with Crippen LogP contribution in [0.3, 0.4) is 0 Å². The lowest BCUT2D eigenvalue weighted by molar-refractivity contribution is -0.133. The summed E-state index contributed by atoms with van der Waals surface area (Å²) in [7, 11) is 0. The van der Waals surface area contributed by atoms with Gasteiger partial charge < -0.3 is 10.4 Å². The number of carbonyl (C=O) groups excluding carboxylic acids is 2. The van der Waals surface area contributed by atoms with Crippen LogP contribution in [0, 0.1) is 11.5 Å². The average Bonchev–Trinajstić information content (AvgIpc) is 3.30. The molecular weight excluding hydrogens is 516 g/mol. The molecule has 2 amide bonds. The lowest BCUT2D eigenvalue weighted by Crippen LogP contribution is -2.61. The molecule has 2 heterocycles. The fraction of sp³-hybridized carbons (Fsp3) is 0.533. The minimum absolute atomic E-state index is 0.00972. The molecule has 3 atom stereocenters. The van der Waals surface area contributed by atoms with Crippen molar-refractivity contribution in [2.24, 2.45) is 0 Å². The van der Waals surface area contributed by atoms with Gasteiger partial charge in [0, 0.05) is 48.9 Å². The number of β-amino-alcohol motifs (C(OH)–C–C–N with tert-alkyl or cyclic N) is 1. The molecule has 0 radical (unpaired) electrons. The molecule has 4 rings (SSSR count). The fourth-order valence-corrected chi connectivity index (χ4v) is 5.55. The van der Waals surface area contributed by atoms with Crippen molar-refractivity contribution in [3.63, 3.8) is 0 Å². The molecule has 0 bridgehead atoms. The number of aliphatic hydroxyl groups is 1. The van der Waals surface area contributed by atoms with Crippen LogP contribution in [0.25, 0.3) is 0 Å². The maximum Gasteiger partial charge on any atom is 0.251 e. The van der Waals surface area contributed by atoms with Gasteiger partial charge in [-0.2, -0.15) is 5.26 Å². The number of alkyl halides is 2. The Kier molecular flexibility index (Phi) is 8.18. The summed E-state index contributed by atoms with van der Waals surface area (Å²) in [5, 5.41) is 23.0. The van der Waals surface area contributed by atoms with Crippen LogP contribution in [0.15, 0.2) is 48.8 Å². The number of nitriles is 1. The van der Waals surface area contributed by atoms with Crippen molar-refractivity contribution in [3.8, 4) is 6.19 Å². The number of benzene rings is 1. The van der Waals surface area contributed by atoms with Crippen molar-refractivity contribution in [1.82, 2.24) is 15.2 Å². The number of aliphatic hydroxyl groups excluding tert-OH is 1. The molecule has 8 nitrogen and oxygen atoms in total. The van der Waals surface area contributed by atoms with Crippen molar-refractivity contribution in [2.45, 2.75) is 94.9 Å². The van der Waals surface area contributed by atoms with E-state index >= 15 is 0 Å². The van der Waals surface area contributed by atoms with Crippen LogP contribution in [0.4, 0.5) is 14.5 Å². The number of rotatable bonds is 6. The van der Waals surface area contributed by atoms with Crippen molar-refractivity contribution in [3.05, 3.63) is 59.9 Å². The number of anilines is 1. The van der Waals surface area contributed by atoms with Crippen LogP contribution in [-0.4, -0.2) is 57.5 Å². The summed E-state index contributed by atoms with van der Waals surface area (Å²) in [5.41, 5.74) is 0.0590. The standard InChI is InChI=1S/C30H37F2N5O3/c1-28(2,3)20-7-9-23(10-8-20)37(26(39)25-16-24(38)18-36(25)19-33)29(4,21-6-5-15-34-17-21)27(40)35-22-11-13-30(31,32)14-12-22/h5-10,15,17,22,24-25,38H,11-14,16,18H2,1-4H3,(H,35,40)/t24-,25-,29?/m1/s1. The third-order valence-electron chi connectivity index (χ3n) is 8.07. The normalized spacial score (nSPS) is 22.7. The number of carbonyl (C=O) groups is 2. The Balaban J connectivity index is 1.82. The van der Waals surface area contributed by atoms with Crippen LogP contribution in [0.5, 0.6) is 0 Å². The third kappa shape index (κ3) is 5.94. The Hall–Kier alpha value is -3.58. The number of nitrogens with zero attached hydrogens (tertiary/aromatic N) is 4. The number of halogens is 2. The molecule has 1 aromatic carbocycles. The third-order valence-corrected chi connectivity index (χ3v) is 8.07. The number of hydrogen-bond donors (Lipinski definition) is 2. The number of likely N-dealkylation sites (tertiary alicyclic amines) is 1. The molecule has 40 heavy (non-hydrogen) atoms. The minimum atomic E-state index is -2.76. The first-order valence-electron chi connectivity index (χ1n) is 13.6. The number of pyridine rings is 1. The van der Waals surface area contributed by atoms with E-state index in [1.165, 1.54) is 16.0 Å². The highest BCUT2D eigenvalue weighted by Crippen LogP contribution is 2.38. The highest BCUT2D eigenvalue weighted by molar-refractivity contribution is 6.06. The maximum atomic E-state index is 14.4. The Bertz CT molecular complexity index is 1250. The van der Waals surface area contributed by atoms with Gasteiger partial charge in [-0.1, -0.05) is 39.0 Å². The van der Waals surface area contributed by atoms with Crippen LogP contribution in [0.2, 0.25) is 0 Å². The van der Waals surface area contributed by atoms with Gasteiger partial charge in [-0.05, 0) is 48.9 Å². The topological polar surface area (TPSA) is 110 Å². The predicted octanol–water partition coefficient (Wildman–Crippen LogP) is 4.24. The molecule has 1 aliphatic heterocycles. The Morgan fingerprint density at radius 3 is 2.33 bits per heavy atom. The average molecular weight is 554 g/mol. The van der Waals surface area contributed by atoms with E-state index in [1.54, 1.807) is 37.4 Å². The summed E-state index contributed by atoms with van der Waals surface area (Å²) in [6, 6.07) is 9.21. The smallest absolute Gasteiger partial charge is 0.251 e. The van der Waals surface area contributed by atoms with E-state index in [0.29, 0.717) is 11.3 Å². The molecule has 2 N–H and O–H groups in total. The molecule has 214 valence electrons. The van der Waals surface area contributed by atoms with E-state index in [4.69, 9.17) is 0 Å². The van der Waals surface area contributed by atoms with Gasteiger partial charge in [0.1, 0.15) is 6.04 Å². The molecule has 0 spiro atoms. The summed E-state index contributed by atoms with van der Waals surface area (Å²) < 4.78 is 27.7. The van der Waals surface area contributed by atoms with Crippen molar-refractivity contribution < 1.29 is 23.5 Å². The number of aromatic nitrogens is 1. The van der Waals surface area contributed by atoms with Gasteiger partial charge in [-0.15, -0.1) is 0 Å². The van der Waals surface area contributed by atoms with Crippen molar-refractivity contribution >= 4 is 17.5 Å². The van der Waals surface area contributed by atoms with Crippen LogP contribution in [-0.2, 0) is 20.5 Å². The number of nitrogens with one attached hydrogen (secondary N) is 1. The largest absolute Gasteiger partial charge is 0.391 e. The Labute approximate surface area is 234 Å². The summed E-state index contributed by atoms with van der Waals surface area (Å²) in [6.07, 6.45) is 3.80. The van der Waals surface area contributed by atoms with E-state index in [1.807, 2.05) is 18.3 Å². The molecule has 1 saturated carbocycles. The SMILES string of the molecule is CC(C)(C)c1ccc(N(C(=O)[C@H]2C[C@@H](O)CN2C#N)C(C)(C(=O)NC2CCC(F)(F)CC2)c2cccnc2)cc1. The molecule has 1 saturated heterocycles. The Morgan fingerprint density at radius 1 is 1.12 bits per heavy atom. The molecule has 10 heteroatoms. The van der Waals surface area contributed by atoms with E-state index < -0.39 is 41.5 Å². The number of hydrogen-bond acceptors (Lipinski definition) is 6. The minimum Gasteiger partial charge on any atom is -0.391 e. The van der Waals surface area contributed by atoms with Crippen LogP contribution in [0.1, 0.15) is 70.9 Å². The maximum absolute atomic E-state index is 14.4. The second kappa shape index (κ2) is 11.1. The molecule has 1 aromatic heterocycles. The molecule has 2 aromatic rings. The fourth-order valence-electron chi connectivity index (χ4n) is 5.55. The molecular formula is C30H37F2N5O3. The highest BCUT2D eigenvalue weighted by atomic mass is 19.3. The summed E-state index contributed by atoms with van der Waals surface area (Å²) in [5.74, 6) is -3.82. The number of amides is 2. The van der Waals surface area contributed by atoms with Crippen LogP contribution >= 0.6 is 0 Å². The van der Waals surface area contributed by atoms with E-state index in [-0.39, 0.29) is 44.1 Å². The van der Waals surface area contributed by atoms with Crippen molar-refractivity contribution in [1.29, 1.82) is 5.26 Å². The van der Waals surface area contributed by atoms with Gasteiger partial charge in [-0.25, -0.2) is 8.78 Å². The lowest BCUT2D eigenvalue weighted by atomic mass is 9.85. The second-order valence-electron chi connectivity index (χ2n) is 12.0. The summed E-state index contributed by atoms with van der Waals surface area (Å²) in [6.45, 7) is 7.81. The van der Waals surface area contributed by atoms with Gasteiger partial charge >= 0.3 is 0 Å². The summed E-state index contributed by atoms with van der Waals surface area (Å²) in [4.78, 5) is 35.4. The second-order valence-corrected chi connectivity index (χ2v) is 12.0. The first-order valence-corrected chi connectivity index (χ1v) is 13.6.